The average Bonchev–Trinajstić information content (AvgIpc) is 3.18. The molecular weight excluding hydrogens is 453 g/mol. The molecule has 0 fully saturated rings. The van der Waals surface area contributed by atoms with Crippen molar-refractivity contribution in [1.29, 1.82) is 0 Å². The zero-order valence-corrected chi connectivity index (χ0v) is 19.2. The average molecular weight is 485 g/mol. The van der Waals surface area contributed by atoms with Gasteiger partial charge in [0.15, 0.2) is 5.96 Å². The van der Waals surface area contributed by atoms with E-state index < -0.39 is 0 Å². The van der Waals surface area contributed by atoms with Gasteiger partial charge in [-0.2, -0.15) is 5.10 Å². The van der Waals surface area contributed by atoms with Crippen molar-refractivity contribution in [2.45, 2.75) is 40.0 Å². The van der Waals surface area contributed by atoms with E-state index in [4.69, 9.17) is 4.42 Å². The summed E-state index contributed by atoms with van der Waals surface area (Å²) in [5.74, 6) is 1.79. The van der Waals surface area contributed by atoms with Crippen molar-refractivity contribution < 1.29 is 4.42 Å². The topological polar surface area (TPSA) is 67.4 Å². The normalized spacial score (nSPS) is 11.2. The van der Waals surface area contributed by atoms with Gasteiger partial charge in [0.05, 0.1) is 18.5 Å². The first-order chi connectivity index (χ1) is 12.5. The Balaban J connectivity index is 0.00000364. The van der Waals surface area contributed by atoms with E-state index in [1.165, 1.54) is 11.3 Å². The predicted octanol–water partition coefficient (Wildman–Crippen LogP) is 3.53. The number of aromatic nitrogens is 2. The highest BCUT2D eigenvalue weighted by molar-refractivity contribution is 14.0. The van der Waals surface area contributed by atoms with E-state index in [0.717, 1.165) is 55.3 Å². The number of hydrogen-bond acceptors (Lipinski definition) is 3. The Bertz CT molecular complexity index is 734. The van der Waals surface area contributed by atoms with Gasteiger partial charge in [-0.15, -0.1) is 24.0 Å². The zero-order chi connectivity index (χ0) is 18.9. The monoisotopic (exact) mass is 485 g/mol. The Kier molecular flexibility index (Phi) is 10.2. The molecule has 0 spiro atoms. The van der Waals surface area contributed by atoms with E-state index in [-0.39, 0.29) is 24.0 Å². The van der Waals surface area contributed by atoms with Gasteiger partial charge >= 0.3 is 0 Å². The summed E-state index contributed by atoms with van der Waals surface area (Å²) >= 11 is 0. The van der Waals surface area contributed by atoms with E-state index in [9.17, 15) is 0 Å². The van der Waals surface area contributed by atoms with Gasteiger partial charge in [0, 0.05) is 32.3 Å². The van der Waals surface area contributed by atoms with Crippen LogP contribution >= 0.6 is 24.0 Å². The fourth-order valence-corrected chi connectivity index (χ4v) is 2.80. The number of rotatable bonds is 9. The highest BCUT2D eigenvalue weighted by Gasteiger charge is 2.08. The van der Waals surface area contributed by atoms with Crippen molar-refractivity contribution in [3.8, 4) is 0 Å². The molecule has 0 saturated carbocycles. The SMILES string of the molecule is C=C(C)CN=C(NCCCc1c(C)nn(C)c1C)NCCc1ccco1.I. The largest absolute Gasteiger partial charge is 0.469 e. The van der Waals surface area contributed by atoms with Crippen LogP contribution in [0.25, 0.3) is 0 Å². The number of furan rings is 1. The number of aryl methyl sites for hydroxylation is 2. The summed E-state index contributed by atoms with van der Waals surface area (Å²) in [4.78, 5) is 4.57. The van der Waals surface area contributed by atoms with E-state index in [1.54, 1.807) is 6.26 Å². The lowest BCUT2D eigenvalue weighted by molar-refractivity contribution is 0.506. The third-order valence-corrected chi connectivity index (χ3v) is 4.31. The van der Waals surface area contributed by atoms with Crippen LogP contribution in [0.15, 0.2) is 40.0 Å². The van der Waals surface area contributed by atoms with E-state index in [2.05, 4.69) is 41.2 Å². The summed E-state index contributed by atoms with van der Waals surface area (Å²) in [5.41, 5.74) is 4.76. The molecule has 2 aromatic rings. The second-order valence-corrected chi connectivity index (χ2v) is 6.68. The number of nitrogens with one attached hydrogen (secondary N) is 2. The molecule has 0 atom stereocenters. The second-order valence-electron chi connectivity index (χ2n) is 6.68. The Morgan fingerprint density at radius 3 is 2.59 bits per heavy atom. The quantitative estimate of drug-likeness (QED) is 0.188. The summed E-state index contributed by atoms with van der Waals surface area (Å²) in [7, 11) is 2.00. The van der Waals surface area contributed by atoms with Crippen molar-refractivity contribution in [2.24, 2.45) is 12.0 Å². The maximum absolute atomic E-state index is 5.36. The Morgan fingerprint density at radius 1 is 1.26 bits per heavy atom. The first-order valence-electron chi connectivity index (χ1n) is 9.15. The molecule has 7 heteroatoms. The highest BCUT2D eigenvalue weighted by atomic mass is 127. The minimum absolute atomic E-state index is 0. The third kappa shape index (κ3) is 7.78. The lowest BCUT2D eigenvalue weighted by Gasteiger charge is -2.12. The molecule has 2 rings (SSSR count). The van der Waals surface area contributed by atoms with E-state index >= 15 is 0 Å². The lowest BCUT2D eigenvalue weighted by Crippen LogP contribution is -2.39. The number of hydrogen-bond donors (Lipinski definition) is 2. The van der Waals surface area contributed by atoms with Crippen molar-refractivity contribution in [3.05, 3.63) is 53.3 Å². The Morgan fingerprint density at radius 2 is 2.00 bits per heavy atom. The number of guanidine groups is 1. The summed E-state index contributed by atoms with van der Waals surface area (Å²) in [6, 6.07) is 3.89. The first-order valence-corrected chi connectivity index (χ1v) is 9.15. The molecule has 2 aromatic heterocycles. The van der Waals surface area contributed by atoms with Crippen molar-refractivity contribution in [2.75, 3.05) is 19.6 Å². The van der Waals surface area contributed by atoms with E-state index in [1.807, 2.05) is 30.8 Å². The van der Waals surface area contributed by atoms with Gasteiger partial charge in [-0.3, -0.25) is 4.68 Å². The van der Waals surface area contributed by atoms with Crippen LogP contribution in [0.1, 0.15) is 36.1 Å². The molecular formula is C20H32IN5O. The molecule has 0 aliphatic carbocycles. The maximum atomic E-state index is 5.36. The second kappa shape index (κ2) is 11.8. The fraction of sp³-hybridized carbons (Fsp3) is 0.500. The van der Waals surface area contributed by atoms with Gasteiger partial charge in [-0.25, -0.2) is 4.99 Å². The number of halogens is 1. The zero-order valence-electron chi connectivity index (χ0n) is 16.8. The standard InChI is InChI=1S/C20H31N5O.HI/c1-15(2)14-23-20(22-12-10-18-8-7-13-26-18)21-11-6-9-19-16(3)24-25(5)17(19)4;/h7-8,13H,1,6,9-12,14H2,2-5H3,(H2,21,22,23);1H. The predicted molar refractivity (Wildman–Crippen MR) is 122 cm³/mol. The van der Waals surface area contributed by atoms with Crippen LogP contribution in [0, 0.1) is 13.8 Å². The van der Waals surface area contributed by atoms with E-state index in [0.29, 0.717) is 6.54 Å². The molecule has 2 N–H and O–H groups in total. The van der Waals surface area contributed by atoms with Gasteiger partial charge in [0.1, 0.15) is 5.76 Å². The molecule has 27 heavy (non-hydrogen) atoms. The van der Waals surface area contributed by atoms with Crippen LogP contribution in [0.3, 0.4) is 0 Å². The molecule has 6 nitrogen and oxygen atoms in total. The van der Waals surface area contributed by atoms with Gasteiger partial charge < -0.3 is 15.1 Å². The molecule has 150 valence electrons. The van der Waals surface area contributed by atoms with Gasteiger partial charge in [-0.1, -0.05) is 12.2 Å². The molecule has 0 aliphatic heterocycles. The molecule has 0 aromatic carbocycles. The summed E-state index contributed by atoms with van der Waals surface area (Å²) in [6.45, 7) is 12.4. The van der Waals surface area contributed by atoms with Crippen LogP contribution in [0.2, 0.25) is 0 Å². The molecule has 0 amide bonds. The van der Waals surface area contributed by atoms with Crippen LogP contribution in [-0.2, 0) is 19.9 Å². The molecule has 0 radical (unpaired) electrons. The molecule has 0 saturated heterocycles. The van der Waals surface area contributed by atoms with Crippen LogP contribution < -0.4 is 10.6 Å². The number of nitrogens with zero attached hydrogens (tertiary/aromatic N) is 3. The molecule has 0 aliphatic rings. The van der Waals surface area contributed by atoms with Gasteiger partial charge in [-0.05, 0) is 51.3 Å². The summed E-state index contributed by atoms with van der Waals surface area (Å²) < 4.78 is 7.32. The van der Waals surface area contributed by atoms with Gasteiger partial charge in [0.25, 0.3) is 0 Å². The minimum atomic E-state index is 0. The molecule has 0 bridgehead atoms. The first kappa shape index (κ1) is 23.3. The van der Waals surface area contributed by atoms with Crippen molar-refractivity contribution in [1.82, 2.24) is 20.4 Å². The van der Waals surface area contributed by atoms with Crippen LogP contribution in [0.4, 0.5) is 0 Å². The smallest absolute Gasteiger partial charge is 0.191 e. The molecule has 2 heterocycles. The van der Waals surface area contributed by atoms with Crippen molar-refractivity contribution >= 4 is 29.9 Å². The third-order valence-electron chi connectivity index (χ3n) is 4.31. The lowest BCUT2D eigenvalue weighted by atomic mass is 10.1. The van der Waals surface area contributed by atoms with Crippen molar-refractivity contribution in [3.63, 3.8) is 0 Å². The van der Waals surface area contributed by atoms with Gasteiger partial charge in [0.2, 0.25) is 0 Å². The molecule has 0 unspecified atom stereocenters. The minimum Gasteiger partial charge on any atom is -0.469 e. The maximum Gasteiger partial charge on any atom is 0.191 e. The summed E-state index contributed by atoms with van der Waals surface area (Å²) in [6.07, 6.45) is 4.57. The number of aliphatic imine (C=N–C) groups is 1. The fourth-order valence-electron chi connectivity index (χ4n) is 2.80. The Labute approximate surface area is 179 Å². The Hall–Kier alpha value is -1.77. The van der Waals surface area contributed by atoms with Crippen LogP contribution in [-0.4, -0.2) is 35.4 Å². The van der Waals surface area contributed by atoms with Crippen LogP contribution in [0.5, 0.6) is 0 Å². The summed E-state index contributed by atoms with van der Waals surface area (Å²) in [5, 5.41) is 11.3. The highest BCUT2D eigenvalue weighted by Crippen LogP contribution is 2.13.